The van der Waals surface area contributed by atoms with E-state index in [2.05, 4.69) is 46.3 Å². The van der Waals surface area contributed by atoms with Crippen LogP contribution in [0.2, 0.25) is 0 Å². The lowest BCUT2D eigenvalue weighted by Gasteiger charge is -2.65. The summed E-state index contributed by atoms with van der Waals surface area (Å²) in [7, 11) is 0. The van der Waals surface area contributed by atoms with Crippen molar-refractivity contribution in [3.8, 4) is 0 Å². The molecule has 0 bridgehead atoms. The second kappa shape index (κ2) is 6.05. The Bertz CT molecular complexity index is 7470. The molecule has 71 heavy (non-hydrogen) atoms. The first-order valence-electron chi connectivity index (χ1n) is 26.0. The van der Waals surface area contributed by atoms with Crippen LogP contribution in [0.5, 0.6) is 0 Å². The minimum Gasteiger partial charge on any atom is -0.104 e. The van der Waals surface area contributed by atoms with Gasteiger partial charge in [0.15, 0.2) is 0 Å². The van der Waals surface area contributed by atoms with Gasteiger partial charge >= 0.3 is 0 Å². The number of benzene rings is 17. The Morgan fingerprint density at radius 3 is 1.00 bits per heavy atom. The van der Waals surface area contributed by atoms with Crippen molar-refractivity contribution in [2.45, 2.75) is 20.6 Å². The topological polar surface area (TPSA) is 0 Å². The van der Waals surface area contributed by atoms with Gasteiger partial charge in [-0.1, -0.05) is 34.1 Å². The highest BCUT2D eigenvalue weighted by atomic mass is 79.9. The Labute approximate surface area is 406 Å². The summed E-state index contributed by atoms with van der Waals surface area (Å²) < 4.78 is 1.13. The molecule has 0 heterocycles. The molecule has 0 nitrogen and oxygen atoms in total. The predicted octanol–water partition coefficient (Wildman–Crippen LogP) is 18.9. The van der Waals surface area contributed by atoms with Crippen LogP contribution < -0.4 is 0 Å². The van der Waals surface area contributed by atoms with E-state index < -0.39 is 20.6 Å². The van der Waals surface area contributed by atoms with Gasteiger partial charge in [0.2, 0.25) is 0 Å². The van der Waals surface area contributed by atoms with Crippen LogP contribution in [-0.2, 0) is 20.6 Å². The third-order valence-corrected chi connectivity index (χ3v) is 27.5. The summed E-state index contributed by atoms with van der Waals surface area (Å²) in [6.07, 6.45) is 2.85. The van der Waals surface area contributed by atoms with E-state index >= 15 is 0 Å². The van der Waals surface area contributed by atoms with E-state index in [1.54, 1.807) is 227 Å². The lowest BCUT2D eigenvalue weighted by Crippen LogP contribution is -2.63. The Kier molecular flexibility index (Phi) is 2.33. The third kappa shape index (κ3) is 1.43. The second-order valence-electron chi connectivity index (χ2n) is 25.9. The molecule has 25 aromatic carbocycles. The lowest BCUT2D eigenvalue weighted by molar-refractivity contribution is 0.382. The maximum absolute atomic E-state index is 9.65. The van der Waals surface area contributed by atoms with E-state index in [-0.39, 0.29) is 0 Å². The van der Waals surface area contributed by atoms with Gasteiger partial charge in [0.05, 0.1) is 10.8 Å². The van der Waals surface area contributed by atoms with Gasteiger partial charge in [-0.3, -0.25) is 0 Å². The van der Waals surface area contributed by atoms with Gasteiger partial charge in [-0.15, -0.1) is 23.2 Å². The molecule has 2 spiro atoms. The average molecular weight is 973 g/mol. The SMILES string of the molecule is ClC12C3=C4c5c6c7c8c9c%10c%11c(c1c1c%12c2c2c%13c%14c(c%15c5c5c7c7c8c8c%10c%10c%16c%11c1c1c%11c%12c%13c%12c%13c%14c%14c%15c5c5c7c7c8c%10c8c(c1%16)c(c%11%12)c1c%13c%14c5c7c18)C42Cl)C91C(c2ccc(Br)cc2)=CC361. The highest BCUT2D eigenvalue weighted by Crippen LogP contribution is 2.93. The smallest absolute Gasteiger partial charge is 0.104 e. The molecule has 4 atom stereocenters. The summed E-state index contributed by atoms with van der Waals surface area (Å²) in [6.45, 7) is 0. The minimum absolute atomic E-state index is 0.465. The fourth-order valence-corrected chi connectivity index (χ4v) is 27.3. The summed E-state index contributed by atoms with van der Waals surface area (Å²) in [5, 5.41) is 72.7. The molecule has 0 N–H and O–H groups in total. The highest BCUT2D eigenvalue weighted by molar-refractivity contribution is 9.10. The van der Waals surface area contributed by atoms with Gasteiger partial charge in [0.25, 0.3) is 0 Å². The van der Waals surface area contributed by atoms with E-state index in [0.717, 1.165) is 4.47 Å². The Morgan fingerprint density at radius 1 is 0.282 bits per heavy atom. The lowest BCUT2D eigenvalue weighted by atomic mass is 9.36. The van der Waals surface area contributed by atoms with Crippen molar-refractivity contribution in [3.05, 3.63) is 90.5 Å². The number of hydrogen-bond acceptors (Lipinski definition) is 0. The quantitative estimate of drug-likeness (QED) is 0.114. The average Bonchev–Trinajstić information content (AvgIpc) is 4.41. The molecule has 3 heteroatoms. The molecule has 25 aromatic rings. The van der Waals surface area contributed by atoms with Crippen molar-refractivity contribution in [1.82, 2.24) is 0 Å². The molecule has 0 amide bonds. The standard InChI is InChI=1S/C68H5BrCl2/c69-7-3-1-6(2-4-7)8-5-65-56-47-37-33-21-16-10-9-11-13-14-12(9)18-20-15(10)19(21)31-35(37)45-46-36(31)32(20)40-26(18)28-24(14)30-29-23(13)27-25-17(11)22(16)34-38(25)49-51-41(27)42(29)53-54-44(30)43(28)52-50(40)58(46)67(70)61(52)62(54)68(71,64(65)63(67)55(45)56)60(53)59(51)66(8,65)57(49)48(47)39(33)34/h1-5H. The Hall–Kier alpha value is -7.26. The van der Waals surface area contributed by atoms with Gasteiger partial charge in [-0.25, -0.2) is 0 Å². The van der Waals surface area contributed by atoms with Gasteiger partial charge in [0.1, 0.15) is 9.75 Å². The number of rotatable bonds is 1. The molecular weight excluding hydrogens is 968 g/mol. The molecule has 0 fully saturated rings. The molecule has 0 saturated carbocycles. The normalized spacial score (nSPS) is 27.3. The van der Waals surface area contributed by atoms with Crippen molar-refractivity contribution < 1.29 is 0 Å². The third-order valence-electron chi connectivity index (χ3n) is 25.9. The Balaban J connectivity index is 1.16. The maximum atomic E-state index is 9.65. The molecule has 0 aliphatic heterocycles. The monoisotopic (exact) mass is 970 g/mol. The zero-order valence-corrected chi connectivity index (χ0v) is 38.6. The maximum Gasteiger partial charge on any atom is 0.122 e. The zero-order valence-electron chi connectivity index (χ0n) is 35.5. The summed E-state index contributed by atoms with van der Waals surface area (Å²) >= 11 is 23.1. The largest absolute Gasteiger partial charge is 0.122 e. The fourth-order valence-electron chi connectivity index (χ4n) is 25.8. The van der Waals surface area contributed by atoms with Gasteiger partial charge in [0, 0.05) is 4.47 Å². The molecule has 0 aromatic heterocycles. The molecule has 0 saturated heterocycles. The van der Waals surface area contributed by atoms with Crippen molar-refractivity contribution in [2.24, 2.45) is 0 Å². The molecule has 0 radical (unpaired) electrons. The van der Waals surface area contributed by atoms with E-state index in [9.17, 15) is 23.2 Å². The zero-order chi connectivity index (χ0) is 42.6. The van der Waals surface area contributed by atoms with Crippen LogP contribution in [0.3, 0.4) is 0 Å². The molecule has 9 aliphatic rings. The van der Waals surface area contributed by atoms with Crippen LogP contribution in [0.4, 0.5) is 0 Å². The molecule has 298 valence electrons. The van der Waals surface area contributed by atoms with E-state index in [4.69, 9.17) is 0 Å². The molecular formula is C68H5BrCl2. The first kappa shape index (κ1) is 27.4. The summed E-state index contributed by atoms with van der Waals surface area (Å²) in [5.74, 6) is 0. The summed E-state index contributed by atoms with van der Waals surface area (Å²) in [4.78, 5) is -1.73. The minimum atomic E-state index is -0.868. The number of allylic oxidation sites excluding steroid dienone is 4. The van der Waals surface area contributed by atoms with E-state index in [1.807, 2.05) is 0 Å². The fraction of sp³-hybridized carbons (Fsp3) is 0.0588. The van der Waals surface area contributed by atoms with Crippen LogP contribution in [-0.4, -0.2) is 0 Å². The Morgan fingerprint density at radius 2 is 0.577 bits per heavy atom. The van der Waals surface area contributed by atoms with Crippen molar-refractivity contribution in [1.29, 1.82) is 0 Å². The molecule has 4 unspecified atom stereocenters. The summed E-state index contributed by atoms with van der Waals surface area (Å²) in [5.41, 5.74) is 16.8. The van der Waals surface area contributed by atoms with Gasteiger partial charge < -0.3 is 0 Å². The number of halogens is 3. The van der Waals surface area contributed by atoms with Gasteiger partial charge in [-0.2, -0.15) is 0 Å². The summed E-state index contributed by atoms with van der Waals surface area (Å²) in [6, 6.07) is 9.48. The van der Waals surface area contributed by atoms with E-state index in [0.29, 0.717) is 0 Å². The van der Waals surface area contributed by atoms with E-state index in [1.165, 1.54) is 87.8 Å². The van der Waals surface area contributed by atoms with Crippen LogP contribution in [0.15, 0.2) is 40.4 Å². The van der Waals surface area contributed by atoms with Crippen LogP contribution in [0.25, 0.3) is 259 Å². The van der Waals surface area contributed by atoms with Crippen molar-refractivity contribution in [2.75, 3.05) is 0 Å². The van der Waals surface area contributed by atoms with Crippen LogP contribution in [0, 0.1) is 0 Å². The molecule has 34 rings (SSSR count). The highest BCUT2D eigenvalue weighted by Gasteiger charge is 2.82. The van der Waals surface area contributed by atoms with Gasteiger partial charge in [-0.05, 0) is 327 Å². The van der Waals surface area contributed by atoms with Crippen LogP contribution in [0.1, 0.15) is 50.1 Å². The number of hydrogen-bond donors (Lipinski definition) is 0. The van der Waals surface area contributed by atoms with Crippen LogP contribution >= 0.6 is 39.1 Å². The first-order chi connectivity index (χ1) is 35.1. The van der Waals surface area contributed by atoms with Crippen molar-refractivity contribution in [3.63, 3.8) is 0 Å². The van der Waals surface area contributed by atoms with Crippen molar-refractivity contribution >= 4 is 298 Å². The number of alkyl halides is 2. The predicted molar refractivity (Wildman–Crippen MR) is 300 cm³/mol. The first-order valence-corrected chi connectivity index (χ1v) is 27.5. The molecule has 9 aliphatic carbocycles. The second-order valence-corrected chi connectivity index (χ2v) is 28.0.